The van der Waals surface area contributed by atoms with E-state index in [1.54, 1.807) is 40.1 Å². The monoisotopic (exact) mass is 553 g/mol. The van der Waals surface area contributed by atoms with E-state index < -0.39 is 21.6 Å². The van der Waals surface area contributed by atoms with Crippen LogP contribution in [0.15, 0.2) is 59.6 Å². The molecule has 0 unspecified atom stereocenters. The van der Waals surface area contributed by atoms with Gasteiger partial charge in [0.25, 0.3) is 5.91 Å². The zero-order chi connectivity index (χ0) is 27.0. The van der Waals surface area contributed by atoms with E-state index in [0.717, 1.165) is 18.5 Å². The molecule has 0 bridgehead atoms. The second-order valence-corrected chi connectivity index (χ2v) is 10.9. The summed E-state index contributed by atoms with van der Waals surface area (Å²) < 4.78 is 68.7. The summed E-state index contributed by atoms with van der Waals surface area (Å²) in [6.07, 6.45) is -2.76. The number of benzene rings is 2. The largest absolute Gasteiger partial charge is 0.496 e. The van der Waals surface area contributed by atoms with Crippen molar-refractivity contribution in [3.63, 3.8) is 0 Å². The Bertz CT molecular complexity index is 1440. The van der Waals surface area contributed by atoms with E-state index in [4.69, 9.17) is 16.3 Å². The molecule has 0 saturated carbocycles. The molecule has 1 saturated heterocycles. The fourth-order valence-electron chi connectivity index (χ4n) is 4.14. The summed E-state index contributed by atoms with van der Waals surface area (Å²) in [6.45, 7) is 1.01. The summed E-state index contributed by atoms with van der Waals surface area (Å²) in [4.78, 5) is 20.8. The maximum atomic E-state index is 13.6. The van der Waals surface area contributed by atoms with Gasteiger partial charge in [0, 0.05) is 49.8 Å². The third-order valence-corrected chi connectivity index (χ3v) is 7.45. The van der Waals surface area contributed by atoms with Gasteiger partial charge in [-0.3, -0.25) is 4.79 Å². The van der Waals surface area contributed by atoms with Crippen molar-refractivity contribution in [1.29, 1.82) is 0 Å². The maximum absolute atomic E-state index is 13.6. The standard InChI is InChI=1S/C25H23ClF3N3O4S/c1-36-22-6-4-3-5-19(22)18-8-7-17(37(2,34)35)14-20(18)24(33)32-11-9-31(10-12-32)23-21(26)13-16(15-30-23)25(27,28)29/h3-8,13-15H,9-12H2,1-2H3. The molecular formula is C25H23ClF3N3O4S. The molecule has 1 aliphatic rings. The van der Waals surface area contributed by atoms with Crippen molar-refractivity contribution < 1.29 is 31.1 Å². The molecule has 1 amide bonds. The highest BCUT2D eigenvalue weighted by Crippen LogP contribution is 2.36. The number of carbonyl (C=O) groups excluding carboxylic acids is 1. The van der Waals surface area contributed by atoms with Gasteiger partial charge in [-0.05, 0) is 29.8 Å². The van der Waals surface area contributed by atoms with Crippen LogP contribution in [0.25, 0.3) is 11.1 Å². The minimum absolute atomic E-state index is 0.00821. The third-order valence-electron chi connectivity index (χ3n) is 6.06. The topological polar surface area (TPSA) is 79.8 Å². The molecule has 1 fully saturated rings. The van der Waals surface area contributed by atoms with Crippen LogP contribution in [0.1, 0.15) is 15.9 Å². The Labute approximate surface area is 217 Å². The SMILES string of the molecule is COc1ccccc1-c1ccc(S(C)(=O)=O)cc1C(=O)N1CCN(c2ncc(C(F)(F)F)cc2Cl)CC1. The third kappa shape index (κ3) is 5.67. The van der Waals surface area contributed by atoms with E-state index in [9.17, 15) is 26.4 Å². The number of para-hydroxylation sites is 1. The molecule has 0 radical (unpaired) electrons. The molecule has 37 heavy (non-hydrogen) atoms. The van der Waals surface area contributed by atoms with Crippen LogP contribution in [-0.4, -0.2) is 63.8 Å². The highest BCUT2D eigenvalue weighted by Gasteiger charge is 2.33. The van der Waals surface area contributed by atoms with E-state index in [2.05, 4.69) is 4.98 Å². The van der Waals surface area contributed by atoms with Crippen molar-refractivity contribution in [2.75, 3.05) is 44.4 Å². The van der Waals surface area contributed by atoms with Crippen LogP contribution >= 0.6 is 11.6 Å². The number of ether oxygens (including phenoxy) is 1. The lowest BCUT2D eigenvalue weighted by Crippen LogP contribution is -2.49. The lowest BCUT2D eigenvalue weighted by molar-refractivity contribution is -0.137. The van der Waals surface area contributed by atoms with Gasteiger partial charge in [0.05, 0.1) is 22.6 Å². The first-order valence-electron chi connectivity index (χ1n) is 11.1. The molecule has 2 aromatic carbocycles. The van der Waals surface area contributed by atoms with E-state index >= 15 is 0 Å². The molecule has 2 heterocycles. The quantitative estimate of drug-likeness (QED) is 0.452. The number of carbonyl (C=O) groups is 1. The van der Waals surface area contributed by atoms with Gasteiger partial charge in [0.15, 0.2) is 9.84 Å². The average molecular weight is 554 g/mol. The molecule has 0 N–H and O–H groups in total. The molecule has 196 valence electrons. The molecule has 3 aromatic rings. The molecule has 12 heteroatoms. The molecule has 0 spiro atoms. The highest BCUT2D eigenvalue weighted by atomic mass is 35.5. The van der Waals surface area contributed by atoms with E-state index in [1.165, 1.54) is 19.2 Å². The van der Waals surface area contributed by atoms with Crippen LogP contribution in [0.5, 0.6) is 5.75 Å². The first kappa shape index (κ1) is 26.7. The number of pyridine rings is 1. The number of rotatable bonds is 5. The van der Waals surface area contributed by atoms with Crippen LogP contribution in [0, 0.1) is 0 Å². The lowest BCUT2D eigenvalue weighted by Gasteiger charge is -2.36. The Hall–Kier alpha value is -3.31. The number of piperazine rings is 1. The van der Waals surface area contributed by atoms with E-state index in [-0.39, 0.29) is 53.4 Å². The van der Waals surface area contributed by atoms with Gasteiger partial charge in [-0.1, -0.05) is 35.9 Å². The van der Waals surface area contributed by atoms with Gasteiger partial charge < -0.3 is 14.5 Å². The predicted molar refractivity (Wildman–Crippen MR) is 134 cm³/mol. The molecular weight excluding hydrogens is 531 g/mol. The number of methoxy groups -OCH3 is 1. The normalized spacial score (nSPS) is 14.5. The average Bonchev–Trinajstić information content (AvgIpc) is 2.87. The first-order chi connectivity index (χ1) is 17.4. The summed E-state index contributed by atoms with van der Waals surface area (Å²) in [5.74, 6) is 0.351. The van der Waals surface area contributed by atoms with Crippen molar-refractivity contribution in [3.8, 4) is 16.9 Å². The van der Waals surface area contributed by atoms with Gasteiger partial charge in [0.1, 0.15) is 11.6 Å². The Morgan fingerprint density at radius 2 is 1.70 bits per heavy atom. The van der Waals surface area contributed by atoms with Gasteiger partial charge in [0.2, 0.25) is 0 Å². The number of nitrogens with zero attached hydrogens (tertiary/aromatic N) is 3. The van der Waals surface area contributed by atoms with Crippen molar-refractivity contribution in [3.05, 3.63) is 70.9 Å². The number of anilines is 1. The highest BCUT2D eigenvalue weighted by molar-refractivity contribution is 7.90. The van der Waals surface area contributed by atoms with E-state index in [1.807, 2.05) is 0 Å². The number of alkyl halides is 3. The van der Waals surface area contributed by atoms with Crippen molar-refractivity contribution in [2.24, 2.45) is 0 Å². The number of amides is 1. The summed E-state index contributed by atoms with van der Waals surface area (Å²) >= 11 is 6.09. The predicted octanol–water partition coefficient (Wildman–Crippen LogP) is 4.80. The maximum Gasteiger partial charge on any atom is 0.417 e. The van der Waals surface area contributed by atoms with Crippen LogP contribution in [0.3, 0.4) is 0 Å². The van der Waals surface area contributed by atoms with Crippen molar-refractivity contribution >= 4 is 33.2 Å². The summed E-state index contributed by atoms with van der Waals surface area (Å²) in [5.41, 5.74) is 0.411. The van der Waals surface area contributed by atoms with Crippen molar-refractivity contribution in [1.82, 2.24) is 9.88 Å². The Balaban J connectivity index is 1.62. The summed E-state index contributed by atoms with van der Waals surface area (Å²) in [7, 11) is -2.08. The van der Waals surface area contributed by atoms with Crippen LogP contribution in [0.4, 0.5) is 19.0 Å². The van der Waals surface area contributed by atoms with Crippen LogP contribution in [0.2, 0.25) is 5.02 Å². The summed E-state index contributed by atoms with van der Waals surface area (Å²) in [5, 5.41) is -0.131. The van der Waals surface area contributed by atoms with Crippen LogP contribution in [-0.2, 0) is 16.0 Å². The fourth-order valence-corrected chi connectivity index (χ4v) is 5.08. The lowest BCUT2D eigenvalue weighted by atomic mass is 9.97. The molecule has 4 rings (SSSR count). The van der Waals surface area contributed by atoms with E-state index in [0.29, 0.717) is 16.9 Å². The number of hydrogen-bond acceptors (Lipinski definition) is 6. The van der Waals surface area contributed by atoms with Crippen molar-refractivity contribution in [2.45, 2.75) is 11.1 Å². The molecule has 0 atom stereocenters. The number of aromatic nitrogens is 1. The number of sulfone groups is 1. The summed E-state index contributed by atoms with van der Waals surface area (Å²) in [6, 6.07) is 12.3. The second kappa shape index (κ2) is 10.2. The molecule has 0 aliphatic carbocycles. The first-order valence-corrected chi connectivity index (χ1v) is 13.4. The number of hydrogen-bond donors (Lipinski definition) is 0. The Kier molecular flexibility index (Phi) is 7.38. The Morgan fingerprint density at radius 3 is 2.30 bits per heavy atom. The van der Waals surface area contributed by atoms with Gasteiger partial charge in [-0.2, -0.15) is 13.2 Å². The molecule has 1 aromatic heterocycles. The number of halogens is 4. The minimum atomic E-state index is -4.56. The fraction of sp³-hybridized carbons (Fsp3) is 0.280. The molecule has 7 nitrogen and oxygen atoms in total. The van der Waals surface area contributed by atoms with Gasteiger partial charge >= 0.3 is 6.18 Å². The Morgan fingerprint density at radius 1 is 1.03 bits per heavy atom. The zero-order valence-corrected chi connectivity index (χ0v) is 21.5. The van der Waals surface area contributed by atoms with Gasteiger partial charge in [-0.25, -0.2) is 13.4 Å². The molecule has 1 aliphatic heterocycles. The van der Waals surface area contributed by atoms with Crippen LogP contribution < -0.4 is 9.64 Å². The van der Waals surface area contributed by atoms with Gasteiger partial charge in [-0.15, -0.1) is 0 Å². The minimum Gasteiger partial charge on any atom is -0.496 e. The zero-order valence-electron chi connectivity index (χ0n) is 19.9. The smallest absolute Gasteiger partial charge is 0.417 e. The second-order valence-electron chi connectivity index (χ2n) is 8.49.